The zero-order valence-corrected chi connectivity index (χ0v) is 19.0. The van der Waals surface area contributed by atoms with Crippen molar-refractivity contribution >= 4 is 34.1 Å². The highest BCUT2D eigenvalue weighted by atomic mass is 16.5. The number of rotatable bonds is 4. The number of carbonyl (C=O) groups is 1. The summed E-state index contributed by atoms with van der Waals surface area (Å²) in [6, 6.07) is 4.51. The third-order valence-electron chi connectivity index (χ3n) is 5.68. The predicted octanol–water partition coefficient (Wildman–Crippen LogP) is 2.43. The molecule has 10 nitrogen and oxygen atoms in total. The van der Waals surface area contributed by atoms with E-state index in [0.717, 1.165) is 30.0 Å². The van der Waals surface area contributed by atoms with Gasteiger partial charge in [0.25, 0.3) is 11.8 Å². The minimum Gasteiger partial charge on any atom is -0.478 e. The Kier molecular flexibility index (Phi) is 5.29. The topological polar surface area (TPSA) is 110 Å². The van der Waals surface area contributed by atoms with Crippen LogP contribution in [0.3, 0.4) is 0 Å². The van der Waals surface area contributed by atoms with E-state index in [1.54, 1.807) is 23.0 Å². The van der Waals surface area contributed by atoms with E-state index in [9.17, 15) is 4.79 Å². The van der Waals surface area contributed by atoms with E-state index in [0.29, 0.717) is 40.5 Å². The number of hydrogen-bond acceptors (Lipinski definition) is 8. The molecule has 10 heteroatoms. The zero-order valence-electron chi connectivity index (χ0n) is 19.0. The molecule has 5 rings (SSSR count). The van der Waals surface area contributed by atoms with Gasteiger partial charge in [0, 0.05) is 49.1 Å². The Morgan fingerprint density at radius 1 is 1.18 bits per heavy atom. The minimum absolute atomic E-state index is 0.333. The summed E-state index contributed by atoms with van der Waals surface area (Å²) < 4.78 is 7.14. The molecular formula is C23H26N8O2. The maximum Gasteiger partial charge on any atom is 0.260 e. The third kappa shape index (κ3) is 3.93. The second-order valence-corrected chi connectivity index (χ2v) is 8.47. The molecule has 0 bridgehead atoms. The van der Waals surface area contributed by atoms with Crippen LogP contribution in [-0.2, 0) is 0 Å². The van der Waals surface area contributed by atoms with Crippen molar-refractivity contribution in [2.75, 3.05) is 30.4 Å². The molecule has 0 unspecified atom stereocenters. The quantitative estimate of drug-likeness (QED) is 0.492. The van der Waals surface area contributed by atoms with Gasteiger partial charge < -0.3 is 20.3 Å². The Balaban J connectivity index is 1.50. The first-order valence-electron chi connectivity index (χ1n) is 10.9. The number of aromatic nitrogens is 5. The first-order chi connectivity index (χ1) is 15.9. The van der Waals surface area contributed by atoms with E-state index in [2.05, 4.69) is 49.3 Å². The van der Waals surface area contributed by atoms with E-state index < -0.39 is 0 Å². The van der Waals surface area contributed by atoms with Gasteiger partial charge in [-0.2, -0.15) is 4.98 Å². The monoisotopic (exact) mass is 446 g/mol. The number of piperazine rings is 1. The largest absolute Gasteiger partial charge is 0.478 e. The van der Waals surface area contributed by atoms with Crippen molar-refractivity contribution in [1.82, 2.24) is 29.7 Å². The van der Waals surface area contributed by atoms with Crippen LogP contribution in [0, 0.1) is 6.92 Å². The lowest BCUT2D eigenvalue weighted by molar-refractivity contribution is 0.102. The van der Waals surface area contributed by atoms with Crippen molar-refractivity contribution in [1.29, 1.82) is 0 Å². The standard InChI is InChI=1S/C23H26N8O2/c1-13-9-30(10-14(2)26-13)20-16-6-5-7-24-19(16)17(8-25-20)22(32)28-18-12-31-11-15(3)27-21(31)23(29-18)33-4/h5-8,11-14,26H,9-10H2,1-4H3,(H,28,32)/t13-,14+. The maximum atomic E-state index is 13.2. The van der Waals surface area contributed by atoms with Crippen molar-refractivity contribution < 1.29 is 9.53 Å². The number of methoxy groups -OCH3 is 1. The molecule has 2 N–H and O–H groups in total. The summed E-state index contributed by atoms with van der Waals surface area (Å²) >= 11 is 0. The average Bonchev–Trinajstić information content (AvgIpc) is 3.17. The van der Waals surface area contributed by atoms with E-state index in [1.807, 2.05) is 25.3 Å². The van der Waals surface area contributed by atoms with Crippen LogP contribution in [-0.4, -0.2) is 62.5 Å². The van der Waals surface area contributed by atoms with Crippen LogP contribution in [0.1, 0.15) is 29.9 Å². The lowest BCUT2D eigenvalue weighted by atomic mass is 10.1. The first-order valence-corrected chi connectivity index (χ1v) is 10.9. The van der Waals surface area contributed by atoms with Crippen molar-refractivity contribution in [2.24, 2.45) is 0 Å². The Morgan fingerprint density at radius 2 is 1.97 bits per heavy atom. The molecule has 1 fully saturated rings. The summed E-state index contributed by atoms with van der Waals surface area (Å²) in [4.78, 5) is 33.5. The normalized spacial score (nSPS) is 18.6. The highest BCUT2D eigenvalue weighted by molar-refractivity contribution is 6.12. The van der Waals surface area contributed by atoms with Crippen LogP contribution < -0.4 is 20.3 Å². The molecule has 1 saturated heterocycles. The molecule has 4 aromatic heterocycles. The second kappa shape index (κ2) is 8.28. The Morgan fingerprint density at radius 3 is 2.73 bits per heavy atom. The van der Waals surface area contributed by atoms with Gasteiger partial charge in [-0.05, 0) is 32.9 Å². The Labute approximate surface area is 191 Å². The summed E-state index contributed by atoms with van der Waals surface area (Å²) in [5.41, 5.74) is 2.40. The molecule has 0 spiro atoms. The molecule has 1 aliphatic heterocycles. The van der Waals surface area contributed by atoms with Gasteiger partial charge in [-0.15, -0.1) is 0 Å². The fourth-order valence-corrected chi connectivity index (χ4v) is 4.45. The highest BCUT2D eigenvalue weighted by Gasteiger charge is 2.25. The molecule has 33 heavy (non-hydrogen) atoms. The maximum absolute atomic E-state index is 13.2. The Hall–Kier alpha value is -3.79. The number of nitrogens with one attached hydrogen (secondary N) is 2. The molecule has 5 heterocycles. The van der Waals surface area contributed by atoms with E-state index >= 15 is 0 Å². The number of ether oxygens (including phenoxy) is 1. The summed E-state index contributed by atoms with van der Waals surface area (Å²) in [6.07, 6.45) is 6.83. The number of aryl methyl sites for hydroxylation is 1. The summed E-state index contributed by atoms with van der Waals surface area (Å²) in [5.74, 6) is 1.18. The first kappa shape index (κ1) is 21.1. The van der Waals surface area contributed by atoms with Gasteiger partial charge >= 0.3 is 0 Å². The van der Waals surface area contributed by atoms with Crippen LogP contribution in [0.2, 0.25) is 0 Å². The van der Waals surface area contributed by atoms with Crippen molar-refractivity contribution in [3.8, 4) is 5.88 Å². The fraction of sp³-hybridized carbons (Fsp3) is 0.348. The number of fused-ring (bicyclic) bond motifs is 2. The molecule has 1 aliphatic rings. The molecule has 170 valence electrons. The van der Waals surface area contributed by atoms with Crippen molar-refractivity contribution in [3.63, 3.8) is 0 Å². The van der Waals surface area contributed by atoms with E-state index in [1.165, 1.54) is 7.11 Å². The van der Waals surface area contributed by atoms with Gasteiger partial charge in [0.15, 0.2) is 5.82 Å². The van der Waals surface area contributed by atoms with Crippen molar-refractivity contribution in [2.45, 2.75) is 32.9 Å². The lowest BCUT2D eigenvalue weighted by Crippen LogP contribution is -2.54. The van der Waals surface area contributed by atoms with E-state index in [-0.39, 0.29) is 5.91 Å². The number of pyridine rings is 2. The number of amides is 1. The minimum atomic E-state index is -0.342. The van der Waals surface area contributed by atoms with Gasteiger partial charge in [-0.3, -0.25) is 14.2 Å². The molecule has 0 radical (unpaired) electrons. The zero-order chi connectivity index (χ0) is 23.1. The lowest BCUT2D eigenvalue weighted by Gasteiger charge is -2.37. The molecule has 4 aromatic rings. The van der Waals surface area contributed by atoms with Gasteiger partial charge in [0.05, 0.1) is 30.1 Å². The van der Waals surface area contributed by atoms with Crippen LogP contribution >= 0.6 is 0 Å². The van der Waals surface area contributed by atoms with Crippen LogP contribution in [0.25, 0.3) is 16.6 Å². The van der Waals surface area contributed by atoms with Gasteiger partial charge in [-0.1, -0.05) is 0 Å². The molecule has 0 saturated carbocycles. The highest BCUT2D eigenvalue weighted by Crippen LogP contribution is 2.28. The molecular weight excluding hydrogens is 420 g/mol. The van der Waals surface area contributed by atoms with Gasteiger partial charge in [0.1, 0.15) is 5.82 Å². The smallest absolute Gasteiger partial charge is 0.260 e. The van der Waals surface area contributed by atoms with Crippen molar-refractivity contribution in [3.05, 3.63) is 48.2 Å². The summed E-state index contributed by atoms with van der Waals surface area (Å²) in [7, 11) is 1.52. The van der Waals surface area contributed by atoms with Gasteiger partial charge in [-0.25, -0.2) is 9.97 Å². The molecule has 0 aliphatic carbocycles. The number of imidazole rings is 1. The fourth-order valence-electron chi connectivity index (χ4n) is 4.45. The SMILES string of the molecule is COc1nc(NC(=O)c2cnc(N3C[C@@H](C)N[C@@H](C)C3)c3cccnc23)cn2cc(C)nc12. The summed E-state index contributed by atoms with van der Waals surface area (Å²) in [6.45, 7) is 7.87. The Bertz CT molecular complexity index is 1340. The van der Waals surface area contributed by atoms with Crippen LogP contribution in [0.15, 0.2) is 36.9 Å². The number of nitrogens with zero attached hydrogens (tertiary/aromatic N) is 6. The number of carbonyl (C=O) groups excluding carboxylic acids is 1. The third-order valence-corrected chi connectivity index (χ3v) is 5.68. The molecule has 0 aromatic carbocycles. The summed E-state index contributed by atoms with van der Waals surface area (Å²) in [5, 5.41) is 7.24. The number of hydrogen-bond donors (Lipinski definition) is 2. The van der Waals surface area contributed by atoms with Crippen LogP contribution in [0.5, 0.6) is 5.88 Å². The number of anilines is 2. The van der Waals surface area contributed by atoms with Crippen LogP contribution in [0.4, 0.5) is 11.6 Å². The van der Waals surface area contributed by atoms with Gasteiger partial charge in [0.2, 0.25) is 5.65 Å². The predicted molar refractivity (Wildman–Crippen MR) is 126 cm³/mol. The molecule has 2 atom stereocenters. The van der Waals surface area contributed by atoms with E-state index in [4.69, 9.17) is 4.74 Å². The second-order valence-electron chi connectivity index (χ2n) is 8.47. The average molecular weight is 447 g/mol. The molecule has 1 amide bonds.